The van der Waals surface area contributed by atoms with Crippen LogP contribution in [0.3, 0.4) is 0 Å². The molecule has 6 nitrogen and oxygen atoms in total. The minimum atomic E-state index is -0.620. The van der Waals surface area contributed by atoms with Crippen LogP contribution in [0.2, 0.25) is 5.02 Å². The topological polar surface area (TPSA) is 74.1 Å². The van der Waals surface area contributed by atoms with Gasteiger partial charge in [-0.2, -0.15) is 0 Å². The Morgan fingerprint density at radius 3 is 2.68 bits per heavy atom. The molecule has 0 saturated heterocycles. The van der Waals surface area contributed by atoms with Crippen LogP contribution in [0, 0.1) is 0 Å². The second kappa shape index (κ2) is 5.19. The highest BCUT2D eigenvalue weighted by Gasteiger charge is 2.13. The van der Waals surface area contributed by atoms with Crippen molar-refractivity contribution in [3.63, 3.8) is 0 Å². The summed E-state index contributed by atoms with van der Waals surface area (Å²) in [6.45, 7) is 1.44. The van der Waals surface area contributed by atoms with Crippen LogP contribution in [0.5, 0.6) is 0 Å². The smallest absolute Gasteiger partial charge is 0.377 e. The maximum atomic E-state index is 11.3. The van der Waals surface area contributed by atoms with E-state index in [4.69, 9.17) is 11.6 Å². The zero-order valence-electron chi connectivity index (χ0n) is 10.3. The van der Waals surface area contributed by atoms with Gasteiger partial charge in [0.2, 0.25) is 0 Å². The molecule has 2 rings (SSSR count). The van der Waals surface area contributed by atoms with Crippen molar-refractivity contribution in [2.75, 3.05) is 7.11 Å². The van der Waals surface area contributed by atoms with Gasteiger partial charge in [-0.25, -0.2) is 14.5 Å². The molecular formula is C12H10ClN3O3. The van der Waals surface area contributed by atoms with Crippen molar-refractivity contribution in [3.05, 3.63) is 40.9 Å². The van der Waals surface area contributed by atoms with E-state index in [9.17, 15) is 9.59 Å². The molecule has 0 unspecified atom stereocenters. The first-order valence-electron chi connectivity index (χ1n) is 5.33. The number of methoxy groups -OCH3 is 1. The number of ether oxygens (including phenoxy) is 1. The molecule has 1 aromatic carbocycles. The predicted molar refractivity (Wildman–Crippen MR) is 67.7 cm³/mol. The summed E-state index contributed by atoms with van der Waals surface area (Å²) in [5.41, 5.74) is 1.02. The van der Waals surface area contributed by atoms with Crippen LogP contribution in [0.1, 0.15) is 27.9 Å². The molecule has 0 atom stereocenters. The average Bonchev–Trinajstić information content (AvgIpc) is 2.86. The molecule has 0 saturated carbocycles. The van der Waals surface area contributed by atoms with E-state index in [-0.39, 0.29) is 11.6 Å². The summed E-state index contributed by atoms with van der Waals surface area (Å²) in [7, 11) is 1.25. The number of carbonyl (C=O) groups is 2. The van der Waals surface area contributed by atoms with E-state index < -0.39 is 5.97 Å². The quantitative estimate of drug-likeness (QED) is 0.634. The van der Waals surface area contributed by atoms with Gasteiger partial charge in [-0.05, 0) is 25.1 Å². The molecule has 0 spiro atoms. The highest BCUT2D eigenvalue weighted by atomic mass is 35.5. The SMILES string of the molecule is COC(=O)c1ncn(-c2ccc(C(C)=O)c(Cl)c2)n1. The van der Waals surface area contributed by atoms with Gasteiger partial charge in [0.05, 0.1) is 17.8 Å². The molecule has 0 bridgehead atoms. The number of aromatic nitrogens is 3. The first kappa shape index (κ1) is 13.2. The third-order valence-electron chi connectivity index (χ3n) is 2.46. The number of nitrogens with zero attached hydrogens (tertiary/aromatic N) is 3. The molecule has 2 aromatic rings. The first-order chi connectivity index (χ1) is 9.02. The van der Waals surface area contributed by atoms with E-state index in [1.165, 1.54) is 25.0 Å². The van der Waals surface area contributed by atoms with E-state index in [0.717, 1.165) is 0 Å². The van der Waals surface area contributed by atoms with Crippen molar-refractivity contribution >= 4 is 23.4 Å². The summed E-state index contributed by atoms with van der Waals surface area (Å²) in [4.78, 5) is 26.3. The predicted octanol–water partition coefficient (Wildman–Crippen LogP) is 1.91. The van der Waals surface area contributed by atoms with Crippen LogP contribution in [0.25, 0.3) is 5.69 Å². The van der Waals surface area contributed by atoms with Crippen molar-refractivity contribution < 1.29 is 14.3 Å². The van der Waals surface area contributed by atoms with Crippen LogP contribution in [-0.4, -0.2) is 33.6 Å². The molecule has 19 heavy (non-hydrogen) atoms. The second-order valence-electron chi connectivity index (χ2n) is 3.72. The molecule has 1 heterocycles. The molecule has 0 aliphatic rings. The lowest BCUT2D eigenvalue weighted by molar-refractivity contribution is 0.0587. The van der Waals surface area contributed by atoms with Gasteiger partial charge < -0.3 is 4.74 Å². The number of ketones is 1. The van der Waals surface area contributed by atoms with Crippen LogP contribution in [0.15, 0.2) is 24.5 Å². The fourth-order valence-corrected chi connectivity index (χ4v) is 1.81. The Bertz CT molecular complexity index is 651. The number of halogens is 1. The van der Waals surface area contributed by atoms with Gasteiger partial charge in [0.1, 0.15) is 6.33 Å². The Kier molecular flexibility index (Phi) is 3.62. The molecular weight excluding hydrogens is 270 g/mol. The lowest BCUT2D eigenvalue weighted by Gasteiger charge is -2.04. The van der Waals surface area contributed by atoms with Crippen LogP contribution >= 0.6 is 11.6 Å². The van der Waals surface area contributed by atoms with Gasteiger partial charge in [-0.1, -0.05) is 11.6 Å². The highest BCUT2D eigenvalue weighted by Crippen LogP contribution is 2.20. The van der Waals surface area contributed by atoms with Gasteiger partial charge in [-0.15, -0.1) is 5.10 Å². The van der Waals surface area contributed by atoms with Crippen LogP contribution in [-0.2, 0) is 4.74 Å². The average molecular weight is 280 g/mol. The van der Waals surface area contributed by atoms with Gasteiger partial charge in [0.15, 0.2) is 5.78 Å². The minimum absolute atomic E-state index is 0.0470. The summed E-state index contributed by atoms with van der Waals surface area (Å²) in [6, 6.07) is 4.84. The Labute approximate surface area is 114 Å². The van der Waals surface area contributed by atoms with Gasteiger partial charge in [0, 0.05) is 5.56 Å². The molecule has 0 amide bonds. The zero-order valence-corrected chi connectivity index (χ0v) is 11.0. The third-order valence-corrected chi connectivity index (χ3v) is 2.77. The lowest BCUT2D eigenvalue weighted by atomic mass is 10.1. The maximum absolute atomic E-state index is 11.3. The summed E-state index contributed by atoms with van der Waals surface area (Å²) >= 11 is 6.00. The van der Waals surface area contributed by atoms with Crippen molar-refractivity contribution in [1.82, 2.24) is 14.8 Å². The van der Waals surface area contributed by atoms with E-state index in [2.05, 4.69) is 14.8 Å². The molecule has 0 fully saturated rings. The Hall–Kier alpha value is -2.21. The van der Waals surface area contributed by atoms with E-state index in [1.807, 2.05) is 0 Å². The number of benzene rings is 1. The second-order valence-corrected chi connectivity index (χ2v) is 4.13. The summed E-state index contributed by atoms with van der Waals surface area (Å²) in [5, 5.41) is 4.27. The van der Waals surface area contributed by atoms with Crippen molar-refractivity contribution in [3.8, 4) is 5.69 Å². The molecule has 1 aromatic heterocycles. The van der Waals surface area contributed by atoms with Gasteiger partial charge in [0.25, 0.3) is 5.82 Å². The number of hydrogen-bond donors (Lipinski definition) is 0. The van der Waals surface area contributed by atoms with Gasteiger partial charge >= 0.3 is 5.97 Å². The largest absolute Gasteiger partial charge is 0.463 e. The number of Topliss-reactive ketones (excluding diaryl/α,β-unsaturated/α-hetero) is 1. The molecule has 0 aliphatic carbocycles. The maximum Gasteiger partial charge on any atom is 0.377 e. The first-order valence-corrected chi connectivity index (χ1v) is 5.71. The van der Waals surface area contributed by atoms with E-state index in [1.54, 1.807) is 18.2 Å². The summed E-state index contributed by atoms with van der Waals surface area (Å²) in [6.07, 6.45) is 1.37. The number of rotatable bonds is 3. The van der Waals surface area contributed by atoms with Crippen molar-refractivity contribution in [1.29, 1.82) is 0 Å². The van der Waals surface area contributed by atoms with Crippen LogP contribution < -0.4 is 0 Å². The van der Waals surface area contributed by atoms with Crippen molar-refractivity contribution in [2.45, 2.75) is 6.92 Å². The fourth-order valence-electron chi connectivity index (χ4n) is 1.50. The normalized spacial score (nSPS) is 10.3. The number of carbonyl (C=O) groups excluding carboxylic acids is 2. The molecule has 0 aliphatic heterocycles. The summed E-state index contributed by atoms with van der Waals surface area (Å²) < 4.78 is 5.89. The van der Waals surface area contributed by atoms with E-state index in [0.29, 0.717) is 16.3 Å². The molecule has 7 heteroatoms. The standard InChI is InChI=1S/C12H10ClN3O3/c1-7(17)9-4-3-8(5-10(9)13)16-6-14-11(15-16)12(18)19-2/h3-6H,1-2H3. The lowest BCUT2D eigenvalue weighted by Crippen LogP contribution is -2.05. The Morgan fingerprint density at radius 1 is 1.37 bits per heavy atom. The number of esters is 1. The molecule has 0 radical (unpaired) electrons. The Balaban J connectivity index is 2.37. The fraction of sp³-hybridized carbons (Fsp3) is 0.167. The third kappa shape index (κ3) is 2.63. The molecule has 98 valence electrons. The van der Waals surface area contributed by atoms with E-state index >= 15 is 0 Å². The monoisotopic (exact) mass is 279 g/mol. The summed E-state index contributed by atoms with van der Waals surface area (Å²) in [5.74, 6) is -0.787. The van der Waals surface area contributed by atoms with Crippen LogP contribution in [0.4, 0.5) is 0 Å². The number of hydrogen-bond acceptors (Lipinski definition) is 5. The minimum Gasteiger partial charge on any atom is -0.463 e. The van der Waals surface area contributed by atoms with Crippen molar-refractivity contribution in [2.24, 2.45) is 0 Å². The highest BCUT2D eigenvalue weighted by molar-refractivity contribution is 6.34. The molecule has 0 N–H and O–H groups in total. The van der Waals surface area contributed by atoms with Gasteiger partial charge in [-0.3, -0.25) is 4.79 Å². The Morgan fingerprint density at radius 2 is 2.11 bits per heavy atom. The zero-order chi connectivity index (χ0) is 14.0.